The highest BCUT2D eigenvalue weighted by Gasteiger charge is 2.27. The zero-order valence-electron chi connectivity index (χ0n) is 15.4. The van der Waals surface area contributed by atoms with Crippen molar-refractivity contribution in [1.82, 2.24) is 25.3 Å². The predicted octanol–water partition coefficient (Wildman–Crippen LogP) is 1.04. The van der Waals surface area contributed by atoms with Crippen LogP contribution in [-0.4, -0.2) is 85.0 Å². The van der Waals surface area contributed by atoms with Gasteiger partial charge in [-0.15, -0.1) is 11.3 Å². The van der Waals surface area contributed by atoms with Gasteiger partial charge in [-0.05, 0) is 19.1 Å². The number of nitrogens with one attached hydrogen (secondary N) is 2. The molecule has 3 rings (SSSR count). The molecule has 0 bridgehead atoms. The van der Waals surface area contributed by atoms with Crippen LogP contribution in [0.1, 0.15) is 11.8 Å². The molecular formula is C17H25ClN6O2S. The van der Waals surface area contributed by atoms with Gasteiger partial charge in [0.1, 0.15) is 0 Å². The first-order valence-corrected chi connectivity index (χ1v) is 10.3. The summed E-state index contributed by atoms with van der Waals surface area (Å²) >= 11 is 7.64. The van der Waals surface area contributed by atoms with E-state index in [1.54, 1.807) is 11.3 Å². The third kappa shape index (κ3) is 5.33. The monoisotopic (exact) mass is 412 g/mol. The highest BCUT2D eigenvalue weighted by atomic mass is 35.5. The van der Waals surface area contributed by atoms with Crippen molar-refractivity contribution >= 4 is 40.8 Å². The van der Waals surface area contributed by atoms with Crippen LogP contribution in [0.25, 0.3) is 0 Å². The molecule has 1 aromatic rings. The van der Waals surface area contributed by atoms with Crippen LogP contribution in [0.4, 0.5) is 4.79 Å². The quantitative estimate of drug-likeness (QED) is 0.414. The van der Waals surface area contributed by atoms with Crippen LogP contribution in [0.2, 0.25) is 4.34 Å². The van der Waals surface area contributed by atoms with Crippen LogP contribution in [0, 0.1) is 0 Å². The van der Waals surface area contributed by atoms with Crippen LogP contribution < -0.4 is 10.6 Å². The second-order valence-corrected chi connectivity index (χ2v) is 8.21. The topological polar surface area (TPSA) is 80.3 Å². The molecule has 10 heteroatoms. The van der Waals surface area contributed by atoms with Crippen LogP contribution in [0.15, 0.2) is 17.1 Å². The summed E-state index contributed by atoms with van der Waals surface area (Å²) in [5.74, 6) is 0.644. The lowest BCUT2D eigenvalue weighted by Crippen LogP contribution is -2.52. The van der Waals surface area contributed by atoms with Gasteiger partial charge in [-0.2, -0.15) is 0 Å². The third-order valence-electron chi connectivity index (χ3n) is 4.54. The molecule has 8 nitrogen and oxygen atoms in total. The molecule has 0 aromatic carbocycles. The smallest absolute Gasteiger partial charge is 0.324 e. The number of piperazine rings is 1. The first-order chi connectivity index (χ1) is 13.1. The molecule has 27 heavy (non-hydrogen) atoms. The summed E-state index contributed by atoms with van der Waals surface area (Å²) in [6.45, 7) is 8.18. The maximum Gasteiger partial charge on any atom is 0.324 e. The number of carbonyl (C=O) groups is 2. The fraction of sp³-hybridized carbons (Fsp3) is 0.588. The number of urea groups is 1. The number of guanidine groups is 1. The van der Waals surface area contributed by atoms with Crippen molar-refractivity contribution in [1.29, 1.82) is 0 Å². The highest BCUT2D eigenvalue weighted by Crippen LogP contribution is 2.23. The van der Waals surface area contributed by atoms with Crippen molar-refractivity contribution in [2.75, 3.05) is 52.4 Å². The molecule has 1 aromatic heterocycles. The minimum atomic E-state index is -0.331. The number of thiophene rings is 1. The Morgan fingerprint density at radius 1 is 1.30 bits per heavy atom. The van der Waals surface area contributed by atoms with Gasteiger partial charge in [-0.3, -0.25) is 19.6 Å². The van der Waals surface area contributed by atoms with E-state index in [4.69, 9.17) is 11.6 Å². The lowest BCUT2D eigenvalue weighted by atomic mass is 10.3. The van der Waals surface area contributed by atoms with Gasteiger partial charge in [-0.25, -0.2) is 4.79 Å². The first-order valence-electron chi connectivity index (χ1n) is 9.15. The Hall–Kier alpha value is -1.84. The van der Waals surface area contributed by atoms with Crippen LogP contribution >= 0.6 is 22.9 Å². The van der Waals surface area contributed by atoms with Crippen molar-refractivity contribution in [3.05, 3.63) is 21.3 Å². The van der Waals surface area contributed by atoms with Gasteiger partial charge in [-0.1, -0.05) is 11.6 Å². The first kappa shape index (κ1) is 19.9. The van der Waals surface area contributed by atoms with E-state index >= 15 is 0 Å². The Kier molecular flexibility index (Phi) is 6.92. The van der Waals surface area contributed by atoms with Gasteiger partial charge in [0.15, 0.2) is 5.96 Å². The summed E-state index contributed by atoms with van der Waals surface area (Å²) in [5.41, 5.74) is 0. The maximum absolute atomic E-state index is 11.6. The molecule has 2 aliphatic heterocycles. The van der Waals surface area contributed by atoms with Crippen LogP contribution in [0.5, 0.6) is 0 Å². The van der Waals surface area contributed by atoms with Gasteiger partial charge in [0.2, 0.25) is 5.91 Å². The van der Waals surface area contributed by atoms with Gasteiger partial charge in [0.25, 0.3) is 0 Å². The number of nitrogens with zero attached hydrogens (tertiary/aromatic N) is 4. The van der Waals surface area contributed by atoms with Crippen molar-refractivity contribution < 1.29 is 9.59 Å². The number of amides is 3. The molecule has 2 N–H and O–H groups in total. The predicted molar refractivity (Wildman–Crippen MR) is 107 cm³/mol. The molecule has 148 valence electrons. The molecule has 2 saturated heterocycles. The Morgan fingerprint density at radius 3 is 2.67 bits per heavy atom. The van der Waals surface area contributed by atoms with Gasteiger partial charge in [0, 0.05) is 44.1 Å². The second kappa shape index (κ2) is 9.38. The standard InChI is InChI=1S/C17H25ClN6O2S/c1-2-19-16(20-5-6-24-15(25)11-21-17(24)26)23-9-7-22(8-10-23)12-13-3-4-14(18)27-13/h3-4H,2,5-12H2,1H3,(H,19,20)(H,21,26). The number of imide groups is 1. The molecule has 3 heterocycles. The van der Waals surface area contributed by atoms with E-state index < -0.39 is 0 Å². The Labute approximate surface area is 168 Å². The largest absolute Gasteiger partial charge is 0.357 e. The lowest BCUT2D eigenvalue weighted by molar-refractivity contribution is -0.124. The average Bonchev–Trinajstić information content (AvgIpc) is 3.21. The number of halogens is 1. The fourth-order valence-corrected chi connectivity index (χ4v) is 4.27. The van der Waals surface area contributed by atoms with Gasteiger partial charge >= 0.3 is 6.03 Å². The summed E-state index contributed by atoms with van der Waals surface area (Å²) in [7, 11) is 0. The molecule has 0 radical (unpaired) electrons. The Balaban J connectivity index is 1.49. The van der Waals surface area contributed by atoms with E-state index in [0.29, 0.717) is 13.1 Å². The molecular weight excluding hydrogens is 388 g/mol. The SMILES string of the molecule is CCNC(=NCCN1C(=O)CNC1=O)N1CCN(Cc2ccc(Cl)s2)CC1. The zero-order valence-corrected chi connectivity index (χ0v) is 17.0. The zero-order chi connectivity index (χ0) is 19.2. The molecule has 0 aliphatic carbocycles. The van der Waals surface area contributed by atoms with Gasteiger partial charge in [0.05, 0.1) is 24.0 Å². The van der Waals surface area contributed by atoms with Crippen molar-refractivity contribution in [3.8, 4) is 0 Å². The van der Waals surface area contributed by atoms with E-state index in [1.165, 1.54) is 9.78 Å². The van der Waals surface area contributed by atoms with Crippen molar-refractivity contribution in [3.63, 3.8) is 0 Å². The van der Waals surface area contributed by atoms with Crippen LogP contribution in [-0.2, 0) is 11.3 Å². The highest BCUT2D eigenvalue weighted by molar-refractivity contribution is 7.16. The number of aliphatic imine (C=N–C) groups is 1. The molecule has 0 unspecified atom stereocenters. The summed E-state index contributed by atoms with van der Waals surface area (Å²) in [6, 6.07) is 3.70. The minimum Gasteiger partial charge on any atom is -0.357 e. The third-order valence-corrected chi connectivity index (χ3v) is 5.75. The molecule has 2 fully saturated rings. The van der Waals surface area contributed by atoms with Gasteiger partial charge < -0.3 is 15.5 Å². The van der Waals surface area contributed by atoms with E-state index in [0.717, 1.165) is 49.6 Å². The second-order valence-electron chi connectivity index (χ2n) is 6.41. The summed E-state index contributed by atoms with van der Waals surface area (Å²) in [5, 5.41) is 5.83. The van der Waals surface area contributed by atoms with Crippen molar-refractivity contribution in [2.24, 2.45) is 4.99 Å². The summed E-state index contributed by atoms with van der Waals surface area (Å²) in [6.07, 6.45) is 0. The molecule has 2 aliphatic rings. The van der Waals surface area contributed by atoms with Crippen LogP contribution in [0.3, 0.4) is 0 Å². The Bertz CT molecular complexity index is 685. The van der Waals surface area contributed by atoms with E-state index in [9.17, 15) is 9.59 Å². The number of rotatable bonds is 6. The fourth-order valence-electron chi connectivity index (χ4n) is 3.14. The molecule has 0 saturated carbocycles. The van der Waals surface area contributed by atoms with E-state index in [2.05, 4.69) is 31.5 Å². The molecule has 0 spiro atoms. The Morgan fingerprint density at radius 2 is 2.07 bits per heavy atom. The minimum absolute atomic E-state index is 0.0834. The van der Waals surface area contributed by atoms with E-state index in [-0.39, 0.29) is 18.5 Å². The average molecular weight is 413 g/mol. The normalized spacial score (nSPS) is 19.0. The summed E-state index contributed by atoms with van der Waals surface area (Å²) in [4.78, 5) is 35.0. The number of hydrogen-bond acceptors (Lipinski definition) is 5. The van der Waals surface area contributed by atoms with E-state index in [1.807, 2.05) is 13.0 Å². The molecule has 0 atom stereocenters. The number of carbonyl (C=O) groups excluding carboxylic acids is 2. The lowest BCUT2D eigenvalue weighted by Gasteiger charge is -2.36. The number of hydrogen-bond donors (Lipinski definition) is 2. The maximum atomic E-state index is 11.6. The summed E-state index contributed by atoms with van der Waals surface area (Å²) < 4.78 is 0.829. The van der Waals surface area contributed by atoms with Crippen molar-refractivity contribution in [2.45, 2.75) is 13.5 Å². The molecule has 3 amide bonds.